The van der Waals surface area contributed by atoms with Gasteiger partial charge in [-0.1, -0.05) is 18.2 Å². The summed E-state index contributed by atoms with van der Waals surface area (Å²) in [5.41, 5.74) is 1.12. The van der Waals surface area contributed by atoms with Gasteiger partial charge in [0.05, 0.1) is 4.90 Å². The first-order chi connectivity index (χ1) is 15.5. The van der Waals surface area contributed by atoms with Crippen LogP contribution in [0.15, 0.2) is 53.4 Å². The fourth-order valence-corrected chi connectivity index (χ4v) is 5.74. The number of fused-ring (bicyclic) bond motifs is 1. The first-order valence-corrected chi connectivity index (χ1v) is 12.4. The fourth-order valence-electron chi connectivity index (χ4n) is 4.07. The van der Waals surface area contributed by atoms with E-state index in [1.165, 1.54) is 16.4 Å². The lowest BCUT2D eigenvalue weighted by atomic mass is 10.2. The van der Waals surface area contributed by atoms with Crippen molar-refractivity contribution in [3.8, 4) is 11.5 Å². The maximum Gasteiger partial charge on any atom is 0.243 e. The molecule has 0 spiro atoms. The summed E-state index contributed by atoms with van der Waals surface area (Å²) in [4.78, 5) is 15.0. The molecule has 2 heterocycles. The minimum absolute atomic E-state index is 0.117. The summed E-state index contributed by atoms with van der Waals surface area (Å²) in [5.74, 6) is 0.706. The highest BCUT2D eigenvalue weighted by atomic mass is 32.2. The van der Waals surface area contributed by atoms with Crippen LogP contribution in [0, 0.1) is 0 Å². The van der Waals surface area contributed by atoms with Gasteiger partial charge in [-0.2, -0.15) is 4.31 Å². The zero-order chi connectivity index (χ0) is 22.6. The van der Waals surface area contributed by atoms with Gasteiger partial charge in [0.1, 0.15) is 19.3 Å². The predicted octanol–water partition coefficient (Wildman–Crippen LogP) is 2.25. The molecule has 0 saturated carbocycles. The maximum absolute atomic E-state index is 13.3. The molecule has 0 bridgehead atoms. The Morgan fingerprint density at radius 2 is 1.88 bits per heavy atom. The zero-order valence-electron chi connectivity index (χ0n) is 18.2. The molecule has 0 aliphatic carbocycles. The molecule has 172 valence electrons. The molecule has 1 fully saturated rings. The zero-order valence-corrected chi connectivity index (χ0v) is 19.0. The Kier molecular flexibility index (Phi) is 6.86. The average molecular weight is 460 g/mol. The molecule has 2 aliphatic heterocycles. The van der Waals surface area contributed by atoms with Crippen LogP contribution >= 0.6 is 0 Å². The van der Waals surface area contributed by atoms with Crippen molar-refractivity contribution in [3.05, 3.63) is 48.5 Å². The second-order valence-electron chi connectivity index (χ2n) is 7.98. The molecule has 9 heteroatoms. The summed E-state index contributed by atoms with van der Waals surface area (Å²) >= 11 is 0. The van der Waals surface area contributed by atoms with Crippen LogP contribution in [0.25, 0.3) is 0 Å². The monoisotopic (exact) mass is 459 g/mol. The molecule has 1 saturated heterocycles. The summed E-state index contributed by atoms with van der Waals surface area (Å²) in [6.45, 7) is 2.42. The van der Waals surface area contributed by atoms with Crippen LogP contribution in [-0.4, -0.2) is 64.6 Å². The van der Waals surface area contributed by atoms with E-state index < -0.39 is 16.1 Å². The van der Waals surface area contributed by atoms with Crippen LogP contribution in [-0.2, 0) is 14.8 Å². The number of benzene rings is 2. The average Bonchev–Trinajstić information content (AvgIpc) is 3.33. The topological polar surface area (TPSA) is 88.2 Å². The summed E-state index contributed by atoms with van der Waals surface area (Å²) < 4.78 is 38.8. The Hall–Kier alpha value is -2.78. The Bertz CT molecular complexity index is 1040. The summed E-state index contributed by atoms with van der Waals surface area (Å²) in [6, 6.07) is 13.9. The van der Waals surface area contributed by atoms with Crippen LogP contribution in [0.1, 0.15) is 19.3 Å². The molecule has 1 amide bonds. The lowest BCUT2D eigenvalue weighted by molar-refractivity contribution is -0.124. The molecule has 1 atom stereocenters. The first-order valence-electron chi connectivity index (χ1n) is 10.9. The lowest BCUT2D eigenvalue weighted by Crippen LogP contribution is -2.46. The molecular formula is C23H29N3O5S. The normalized spacial score (nSPS) is 18.3. The molecule has 0 aromatic heterocycles. The molecule has 2 aromatic carbocycles. The second-order valence-corrected chi connectivity index (χ2v) is 9.87. The van der Waals surface area contributed by atoms with Crippen molar-refractivity contribution >= 4 is 21.6 Å². The van der Waals surface area contributed by atoms with Crippen LogP contribution in [0.4, 0.5) is 5.69 Å². The number of nitrogens with one attached hydrogen (secondary N) is 1. The number of carbonyl (C=O) groups excluding carboxylic acids is 1. The third-order valence-corrected chi connectivity index (χ3v) is 7.70. The Morgan fingerprint density at radius 1 is 1.12 bits per heavy atom. The third kappa shape index (κ3) is 4.83. The Labute approximate surface area is 189 Å². The van der Waals surface area contributed by atoms with Crippen molar-refractivity contribution in [2.24, 2.45) is 0 Å². The van der Waals surface area contributed by atoms with Crippen molar-refractivity contribution < 1.29 is 22.7 Å². The molecule has 2 aromatic rings. The lowest BCUT2D eigenvalue weighted by Gasteiger charge is -2.25. The maximum atomic E-state index is 13.3. The molecule has 2 aliphatic rings. The van der Waals surface area contributed by atoms with Crippen molar-refractivity contribution in [2.45, 2.75) is 30.2 Å². The van der Waals surface area contributed by atoms with Gasteiger partial charge in [0, 0.05) is 38.4 Å². The van der Waals surface area contributed by atoms with E-state index in [1.807, 2.05) is 37.4 Å². The quantitative estimate of drug-likeness (QED) is 0.610. The predicted molar refractivity (Wildman–Crippen MR) is 122 cm³/mol. The van der Waals surface area contributed by atoms with Gasteiger partial charge < -0.3 is 19.7 Å². The van der Waals surface area contributed by atoms with E-state index in [4.69, 9.17) is 9.47 Å². The molecule has 8 nitrogen and oxygen atoms in total. The van der Waals surface area contributed by atoms with E-state index in [-0.39, 0.29) is 10.8 Å². The summed E-state index contributed by atoms with van der Waals surface area (Å²) in [5, 5.41) is 2.92. The highest BCUT2D eigenvalue weighted by molar-refractivity contribution is 7.89. The Morgan fingerprint density at radius 3 is 2.66 bits per heavy atom. The first kappa shape index (κ1) is 22.4. The van der Waals surface area contributed by atoms with E-state index in [9.17, 15) is 13.2 Å². The number of amides is 1. The number of rotatable bonds is 8. The number of hydrogen-bond donors (Lipinski definition) is 1. The number of sulfonamides is 1. The van der Waals surface area contributed by atoms with Crippen LogP contribution < -0.4 is 19.7 Å². The smallest absolute Gasteiger partial charge is 0.243 e. The van der Waals surface area contributed by atoms with Gasteiger partial charge in [-0.05, 0) is 43.5 Å². The molecule has 1 unspecified atom stereocenters. The van der Waals surface area contributed by atoms with Gasteiger partial charge in [-0.15, -0.1) is 0 Å². The molecule has 32 heavy (non-hydrogen) atoms. The number of carbonyl (C=O) groups is 1. The number of hydrogen-bond acceptors (Lipinski definition) is 6. The fraction of sp³-hybridized carbons (Fsp3) is 0.435. The van der Waals surface area contributed by atoms with Crippen LogP contribution in [0.2, 0.25) is 0 Å². The van der Waals surface area contributed by atoms with Crippen molar-refractivity contribution in [2.75, 3.05) is 44.8 Å². The standard InChI is InChI=1S/C23H29N3O5S/c1-25(18-7-3-2-4-8-18)13-6-12-24-23(27)20-9-5-14-26(20)32(28,29)19-10-11-21-22(17-19)31-16-15-30-21/h2-4,7-8,10-11,17,20H,5-6,9,12-16H2,1H3,(H,24,27). The van der Waals surface area contributed by atoms with Gasteiger partial charge in [0.15, 0.2) is 11.5 Å². The van der Waals surface area contributed by atoms with Crippen molar-refractivity contribution in [3.63, 3.8) is 0 Å². The summed E-state index contributed by atoms with van der Waals surface area (Å²) in [6.07, 6.45) is 1.93. The van der Waals surface area contributed by atoms with Crippen LogP contribution in [0.5, 0.6) is 11.5 Å². The minimum Gasteiger partial charge on any atom is -0.486 e. The molecular weight excluding hydrogens is 430 g/mol. The second kappa shape index (κ2) is 9.79. The SMILES string of the molecule is CN(CCCNC(=O)C1CCCN1S(=O)(=O)c1ccc2c(c1)OCCO2)c1ccccc1. The van der Waals surface area contributed by atoms with E-state index >= 15 is 0 Å². The number of para-hydroxylation sites is 1. The number of ether oxygens (including phenoxy) is 2. The van der Waals surface area contributed by atoms with Gasteiger partial charge in [0.2, 0.25) is 15.9 Å². The number of anilines is 1. The minimum atomic E-state index is -3.82. The Balaban J connectivity index is 1.35. The van der Waals surface area contributed by atoms with E-state index in [0.29, 0.717) is 50.6 Å². The largest absolute Gasteiger partial charge is 0.486 e. The van der Waals surface area contributed by atoms with Crippen LogP contribution in [0.3, 0.4) is 0 Å². The van der Waals surface area contributed by atoms with Crippen molar-refractivity contribution in [1.82, 2.24) is 9.62 Å². The molecule has 0 radical (unpaired) electrons. The highest BCUT2D eigenvalue weighted by Gasteiger charge is 2.39. The third-order valence-electron chi connectivity index (χ3n) is 5.79. The van der Waals surface area contributed by atoms with Gasteiger partial charge in [-0.3, -0.25) is 4.79 Å². The highest BCUT2D eigenvalue weighted by Crippen LogP contribution is 2.34. The molecule has 1 N–H and O–H groups in total. The van der Waals surface area contributed by atoms with Crippen molar-refractivity contribution in [1.29, 1.82) is 0 Å². The van der Waals surface area contributed by atoms with Gasteiger partial charge >= 0.3 is 0 Å². The summed E-state index contributed by atoms with van der Waals surface area (Å²) in [7, 11) is -1.81. The molecule has 4 rings (SSSR count). The van der Waals surface area contributed by atoms with E-state index in [0.717, 1.165) is 18.7 Å². The number of nitrogens with zero attached hydrogens (tertiary/aromatic N) is 2. The van der Waals surface area contributed by atoms with E-state index in [1.54, 1.807) is 6.07 Å². The van der Waals surface area contributed by atoms with E-state index in [2.05, 4.69) is 10.2 Å². The van der Waals surface area contributed by atoms with Gasteiger partial charge in [-0.25, -0.2) is 8.42 Å². The van der Waals surface area contributed by atoms with Gasteiger partial charge in [0.25, 0.3) is 0 Å².